The van der Waals surface area contributed by atoms with Gasteiger partial charge in [0.15, 0.2) is 11.5 Å². The quantitative estimate of drug-likeness (QED) is 0.215. The molecule has 3 aromatic rings. The molecule has 156 valence electrons. The van der Waals surface area contributed by atoms with E-state index in [0.717, 1.165) is 16.7 Å². The highest BCUT2D eigenvalue weighted by molar-refractivity contribution is 5.92. The van der Waals surface area contributed by atoms with E-state index in [1.807, 2.05) is 42.5 Å². The van der Waals surface area contributed by atoms with Gasteiger partial charge in [0.2, 0.25) is 0 Å². The minimum Gasteiger partial charge on any atom is -0.493 e. The smallest absolute Gasteiger partial charge is 0.343 e. The van der Waals surface area contributed by atoms with Crippen molar-refractivity contribution in [3.05, 3.63) is 95.1 Å². The Labute approximate surface area is 183 Å². The molecule has 0 radical (unpaired) electrons. The van der Waals surface area contributed by atoms with Crippen LogP contribution in [-0.4, -0.2) is 13.1 Å². The molecule has 0 aliphatic carbocycles. The predicted octanol–water partition coefficient (Wildman–Crippen LogP) is 6.28. The number of esters is 1. The van der Waals surface area contributed by atoms with Crippen LogP contribution >= 0.6 is 0 Å². The van der Waals surface area contributed by atoms with Crippen LogP contribution in [0.1, 0.15) is 47.8 Å². The normalized spacial score (nSPS) is 11.5. The first-order valence-electron chi connectivity index (χ1n) is 10.00. The van der Waals surface area contributed by atoms with Gasteiger partial charge in [-0.2, -0.15) is 5.26 Å². The molecule has 0 unspecified atom stereocenters. The number of nitriles is 1. The van der Waals surface area contributed by atoms with E-state index in [1.54, 1.807) is 36.4 Å². The fourth-order valence-electron chi connectivity index (χ4n) is 3.09. The maximum Gasteiger partial charge on any atom is 0.343 e. The van der Waals surface area contributed by atoms with Crippen LogP contribution in [0.3, 0.4) is 0 Å². The zero-order valence-corrected chi connectivity index (χ0v) is 18.2. The zero-order chi connectivity index (χ0) is 22.4. The summed E-state index contributed by atoms with van der Waals surface area (Å²) in [6, 6.07) is 24.3. The van der Waals surface area contributed by atoms with Crippen LogP contribution in [-0.2, 0) is 5.41 Å². The highest BCUT2D eigenvalue weighted by atomic mass is 16.6. The first kappa shape index (κ1) is 21.9. The molecule has 0 bridgehead atoms. The lowest BCUT2D eigenvalue weighted by atomic mass is 9.87. The third-order valence-corrected chi connectivity index (χ3v) is 4.89. The van der Waals surface area contributed by atoms with E-state index >= 15 is 0 Å². The Morgan fingerprint density at radius 3 is 2.16 bits per heavy atom. The second kappa shape index (κ2) is 9.32. The Kier molecular flexibility index (Phi) is 6.57. The molecule has 3 rings (SSSR count). The van der Waals surface area contributed by atoms with Crippen molar-refractivity contribution in [2.75, 3.05) is 7.11 Å². The Morgan fingerprint density at radius 1 is 0.903 bits per heavy atom. The first-order chi connectivity index (χ1) is 14.8. The number of carbonyl (C=O) groups is 1. The van der Waals surface area contributed by atoms with Gasteiger partial charge in [-0.05, 0) is 52.4 Å². The maximum atomic E-state index is 12.6. The van der Waals surface area contributed by atoms with E-state index < -0.39 is 5.97 Å². The van der Waals surface area contributed by atoms with Crippen molar-refractivity contribution < 1.29 is 14.3 Å². The van der Waals surface area contributed by atoms with Gasteiger partial charge in [-0.15, -0.1) is 0 Å². The molecule has 0 saturated carbocycles. The molecule has 0 spiro atoms. The lowest BCUT2D eigenvalue weighted by molar-refractivity contribution is 0.0729. The van der Waals surface area contributed by atoms with Gasteiger partial charge in [-0.25, -0.2) is 4.79 Å². The highest BCUT2D eigenvalue weighted by Gasteiger charge is 2.16. The number of benzene rings is 3. The number of ether oxygens (including phenoxy) is 2. The maximum absolute atomic E-state index is 12.6. The van der Waals surface area contributed by atoms with E-state index in [9.17, 15) is 10.1 Å². The summed E-state index contributed by atoms with van der Waals surface area (Å²) in [4.78, 5) is 12.6. The summed E-state index contributed by atoms with van der Waals surface area (Å²) in [6.45, 7) is 6.37. The molecule has 0 aliphatic rings. The lowest BCUT2D eigenvalue weighted by Gasteiger charge is -2.19. The van der Waals surface area contributed by atoms with Crippen molar-refractivity contribution in [3.8, 4) is 17.6 Å². The van der Waals surface area contributed by atoms with Crippen LogP contribution in [0.15, 0.2) is 72.8 Å². The Morgan fingerprint density at radius 2 is 1.58 bits per heavy atom. The van der Waals surface area contributed by atoms with Crippen molar-refractivity contribution >= 4 is 17.6 Å². The van der Waals surface area contributed by atoms with Crippen molar-refractivity contribution in [1.29, 1.82) is 5.26 Å². The number of nitrogens with zero attached hydrogens (tertiary/aromatic N) is 1. The summed E-state index contributed by atoms with van der Waals surface area (Å²) < 4.78 is 11.0. The summed E-state index contributed by atoms with van der Waals surface area (Å²) >= 11 is 0. The standard InChI is InChI=1S/C27H25NO3/c1-27(2,3)23-13-11-21(12-14-23)26(29)31-24-15-10-19(17-25(24)30-4)16-22(18-28)20-8-6-5-7-9-20/h5-17H,1-4H3/b22-16-. The predicted molar refractivity (Wildman–Crippen MR) is 123 cm³/mol. The minimum absolute atomic E-state index is 0.0109. The van der Waals surface area contributed by atoms with E-state index in [-0.39, 0.29) is 5.41 Å². The third kappa shape index (κ3) is 5.40. The van der Waals surface area contributed by atoms with Crippen LogP contribution in [0, 0.1) is 11.3 Å². The SMILES string of the molecule is COc1cc(/C=C(/C#N)c2ccccc2)ccc1OC(=O)c1ccc(C(C)(C)C)cc1. The van der Waals surface area contributed by atoms with Gasteiger partial charge in [-0.1, -0.05) is 69.3 Å². The largest absolute Gasteiger partial charge is 0.493 e. The van der Waals surface area contributed by atoms with Crippen LogP contribution < -0.4 is 9.47 Å². The molecule has 31 heavy (non-hydrogen) atoms. The van der Waals surface area contributed by atoms with Gasteiger partial charge in [0.25, 0.3) is 0 Å². The molecule has 0 heterocycles. The molecule has 0 atom stereocenters. The van der Waals surface area contributed by atoms with Crippen molar-refractivity contribution in [2.45, 2.75) is 26.2 Å². The van der Waals surface area contributed by atoms with Crippen LogP contribution in [0.2, 0.25) is 0 Å². The zero-order valence-electron chi connectivity index (χ0n) is 18.2. The number of rotatable bonds is 5. The average Bonchev–Trinajstić information content (AvgIpc) is 2.78. The van der Waals surface area contributed by atoms with Gasteiger partial charge in [0.1, 0.15) is 0 Å². The summed E-state index contributed by atoms with van der Waals surface area (Å²) in [5, 5.41) is 9.52. The van der Waals surface area contributed by atoms with Gasteiger partial charge >= 0.3 is 5.97 Å². The summed E-state index contributed by atoms with van der Waals surface area (Å²) in [7, 11) is 1.51. The van der Waals surface area contributed by atoms with Crippen molar-refractivity contribution in [3.63, 3.8) is 0 Å². The number of hydrogen-bond acceptors (Lipinski definition) is 4. The van der Waals surface area contributed by atoms with E-state index in [2.05, 4.69) is 26.8 Å². The van der Waals surface area contributed by atoms with E-state index in [0.29, 0.717) is 22.6 Å². The summed E-state index contributed by atoms with van der Waals surface area (Å²) in [5.41, 5.74) is 3.76. The van der Waals surface area contributed by atoms with Gasteiger partial charge in [0.05, 0.1) is 24.3 Å². The van der Waals surface area contributed by atoms with E-state index in [4.69, 9.17) is 9.47 Å². The molecule has 0 saturated heterocycles. The van der Waals surface area contributed by atoms with Crippen LogP contribution in [0.25, 0.3) is 11.6 Å². The molecule has 0 N–H and O–H groups in total. The molecule has 0 amide bonds. The molecular formula is C27H25NO3. The molecule has 4 nitrogen and oxygen atoms in total. The number of carbonyl (C=O) groups excluding carboxylic acids is 1. The van der Waals surface area contributed by atoms with Crippen molar-refractivity contribution in [2.24, 2.45) is 0 Å². The van der Waals surface area contributed by atoms with Gasteiger partial charge in [-0.3, -0.25) is 0 Å². The minimum atomic E-state index is -0.455. The molecule has 3 aromatic carbocycles. The van der Waals surface area contributed by atoms with Crippen LogP contribution in [0.4, 0.5) is 0 Å². The van der Waals surface area contributed by atoms with E-state index in [1.165, 1.54) is 7.11 Å². The first-order valence-corrected chi connectivity index (χ1v) is 10.00. The summed E-state index contributed by atoms with van der Waals surface area (Å²) in [5.74, 6) is 0.283. The lowest BCUT2D eigenvalue weighted by Crippen LogP contribution is -2.13. The fraction of sp³-hybridized carbons (Fsp3) is 0.185. The Balaban J connectivity index is 1.82. The molecule has 0 fully saturated rings. The number of methoxy groups -OCH3 is 1. The fourth-order valence-corrected chi connectivity index (χ4v) is 3.09. The monoisotopic (exact) mass is 411 g/mol. The highest BCUT2D eigenvalue weighted by Crippen LogP contribution is 2.31. The second-order valence-electron chi connectivity index (χ2n) is 8.16. The van der Waals surface area contributed by atoms with Gasteiger partial charge < -0.3 is 9.47 Å². The average molecular weight is 412 g/mol. The third-order valence-electron chi connectivity index (χ3n) is 4.89. The summed E-state index contributed by atoms with van der Waals surface area (Å²) in [6.07, 6.45) is 1.77. The number of allylic oxidation sites excluding steroid dienone is 1. The molecule has 0 aliphatic heterocycles. The number of hydrogen-bond donors (Lipinski definition) is 0. The van der Waals surface area contributed by atoms with Crippen molar-refractivity contribution in [1.82, 2.24) is 0 Å². The van der Waals surface area contributed by atoms with Crippen LogP contribution in [0.5, 0.6) is 11.5 Å². The Bertz CT molecular complexity index is 1130. The molecular weight excluding hydrogens is 386 g/mol. The van der Waals surface area contributed by atoms with Gasteiger partial charge in [0, 0.05) is 0 Å². The second-order valence-corrected chi connectivity index (χ2v) is 8.16. The molecule has 4 heteroatoms. The Hall–Kier alpha value is -3.84. The topological polar surface area (TPSA) is 59.3 Å². The molecule has 0 aromatic heterocycles.